The molecule has 0 saturated heterocycles. The van der Waals surface area contributed by atoms with Gasteiger partial charge in [-0.05, 0) is 30.3 Å². The molecule has 0 unspecified atom stereocenters. The molecule has 0 radical (unpaired) electrons. The first kappa shape index (κ1) is 19.8. The lowest BCUT2D eigenvalue weighted by atomic mass is 10.2. The molecule has 3 aromatic carbocycles. The van der Waals surface area contributed by atoms with Gasteiger partial charge in [-0.3, -0.25) is 14.9 Å². The van der Waals surface area contributed by atoms with Crippen molar-refractivity contribution in [3.8, 4) is 11.5 Å². The van der Waals surface area contributed by atoms with Crippen LogP contribution in [0, 0.1) is 10.1 Å². The fourth-order valence-corrected chi connectivity index (χ4v) is 3.79. The van der Waals surface area contributed by atoms with Crippen molar-refractivity contribution in [2.24, 2.45) is 0 Å². The molecule has 5 rings (SSSR count). The maximum absolute atomic E-state index is 12.5. The number of nitrogens with one attached hydrogen (secondary N) is 1. The Morgan fingerprint density at radius 2 is 1.75 bits per heavy atom. The molecule has 2 aromatic heterocycles. The minimum atomic E-state index is -0.496. The first-order valence-electron chi connectivity index (χ1n) is 9.49. The van der Waals surface area contributed by atoms with Crippen LogP contribution in [-0.4, -0.2) is 26.6 Å². The van der Waals surface area contributed by atoms with Crippen molar-refractivity contribution in [3.05, 3.63) is 76.8 Å². The number of nitro groups is 1. The Morgan fingerprint density at radius 3 is 2.59 bits per heavy atom. The summed E-state index contributed by atoms with van der Waals surface area (Å²) >= 11 is 1.19. The van der Waals surface area contributed by atoms with E-state index in [1.807, 2.05) is 24.3 Å². The van der Waals surface area contributed by atoms with Crippen LogP contribution in [0.2, 0.25) is 0 Å². The average Bonchev–Trinajstić information content (AvgIpc) is 3.41. The monoisotopic (exact) mass is 446 g/mol. The van der Waals surface area contributed by atoms with E-state index in [-0.39, 0.29) is 23.2 Å². The quantitative estimate of drug-likeness (QED) is 0.212. The van der Waals surface area contributed by atoms with Crippen LogP contribution in [0.25, 0.3) is 33.7 Å². The fourth-order valence-electron chi connectivity index (χ4n) is 3.15. The number of para-hydroxylation sites is 3. The zero-order valence-electron chi connectivity index (χ0n) is 16.3. The van der Waals surface area contributed by atoms with E-state index in [0.29, 0.717) is 33.2 Å². The normalized spacial score (nSPS) is 11.1. The Bertz CT molecular complexity index is 1440. The molecule has 0 saturated carbocycles. The highest BCUT2D eigenvalue weighted by Crippen LogP contribution is 2.32. The molecule has 0 bridgehead atoms. The van der Waals surface area contributed by atoms with Gasteiger partial charge in [0.15, 0.2) is 11.2 Å². The van der Waals surface area contributed by atoms with Gasteiger partial charge in [-0.25, -0.2) is 9.97 Å². The number of rotatable bonds is 6. The van der Waals surface area contributed by atoms with Gasteiger partial charge < -0.3 is 14.2 Å². The molecule has 32 heavy (non-hydrogen) atoms. The summed E-state index contributed by atoms with van der Waals surface area (Å²) in [6, 6.07) is 18.6. The second kappa shape index (κ2) is 8.16. The van der Waals surface area contributed by atoms with Crippen molar-refractivity contribution in [3.63, 3.8) is 0 Å². The first-order valence-corrected chi connectivity index (χ1v) is 10.5. The molecule has 10 heteroatoms. The minimum Gasteiger partial charge on any atom is -0.436 e. The van der Waals surface area contributed by atoms with Crippen LogP contribution in [-0.2, 0) is 4.79 Å². The molecule has 0 aliphatic rings. The zero-order valence-corrected chi connectivity index (χ0v) is 17.2. The van der Waals surface area contributed by atoms with E-state index in [2.05, 4.69) is 15.3 Å². The van der Waals surface area contributed by atoms with Crippen molar-refractivity contribution in [2.75, 3.05) is 11.1 Å². The van der Waals surface area contributed by atoms with Crippen molar-refractivity contribution in [1.82, 2.24) is 9.97 Å². The lowest BCUT2D eigenvalue weighted by molar-refractivity contribution is -0.384. The third-order valence-corrected chi connectivity index (χ3v) is 5.44. The van der Waals surface area contributed by atoms with Gasteiger partial charge in [0, 0.05) is 6.07 Å². The fraction of sp³-hybridized carbons (Fsp3) is 0.0455. The highest BCUT2D eigenvalue weighted by molar-refractivity contribution is 7.99. The van der Waals surface area contributed by atoms with Crippen LogP contribution in [0.4, 0.5) is 11.4 Å². The number of non-ortho nitro benzene ring substituents is 1. The lowest BCUT2D eigenvalue weighted by Crippen LogP contribution is -2.14. The SMILES string of the molecule is O=C(CSc1nc2ccccc2o1)Nc1ccccc1-c1nc2ccc([N+](=O)[O-])cc2o1. The number of carbonyl (C=O) groups excluding carboxylic acids is 1. The van der Waals surface area contributed by atoms with Crippen molar-refractivity contribution in [2.45, 2.75) is 5.22 Å². The Hall–Kier alpha value is -4.18. The Kier molecular flexibility index (Phi) is 5.04. The van der Waals surface area contributed by atoms with Crippen LogP contribution in [0.1, 0.15) is 0 Å². The number of anilines is 1. The second-order valence-electron chi connectivity index (χ2n) is 6.76. The molecule has 9 nitrogen and oxygen atoms in total. The molecule has 0 spiro atoms. The Labute approximate surface area is 184 Å². The number of fused-ring (bicyclic) bond motifs is 2. The number of hydrogen-bond donors (Lipinski definition) is 1. The van der Waals surface area contributed by atoms with E-state index < -0.39 is 4.92 Å². The molecular weight excluding hydrogens is 432 g/mol. The van der Waals surface area contributed by atoms with Crippen molar-refractivity contribution >= 4 is 51.2 Å². The van der Waals surface area contributed by atoms with Crippen molar-refractivity contribution in [1.29, 1.82) is 0 Å². The number of amides is 1. The minimum absolute atomic E-state index is 0.0852. The van der Waals surface area contributed by atoms with E-state index in [0.717, 1.165) is 5.52 Å². The van der Waals surface area contributed by atoms with Crippen LogP contribution >= 0.6 is 11.8 Å². The summed E-state index contributed by atoms with van der Waals surface area (Å²) in [5, 5.41) is 14.3. The lowest BCUT2D eigenvalue weighted by Gasteiger charge is -2.08. The van der Waals surface area contributed by atoms with E-state index >= 15 is 0 Å². The predicted molar refractivity (Wildman–Crippen MR) is 119 cm³/mol. The molecule has 1 amide bonds. The van der Waals surface area contributed by atoms with Gasteiger partial charge in [0.25, 0.3) is 10.9 Å². The molecule has 158 valence electrons. The highest BCUT2D eigenvalue weighted by Gasteiger charge is 2.17. The number of hydrogen-bond acceptors (Lipinski definition) is 8. The Morgan fingerprint density at radius 1 is 0.969 bits per heavy atom. The topological polar surface area (TPSA) is 124 Å². The maximum Gasteiger partial charge on any atom is 0.273 e. The second-order valence-corrected chi connectivity index (χ2v) is 7.68. The number of oxazole rings is 2. The van der Waals surface area contributed by atoms with Crippen LogP contribution in [0.15, 0.2) is 80.8 Å². The van der Waals surface area contributed by atoms with Gasteiger partial charge in [0.1, 0.15) is 11.0 Å². The summed E-state index contributed by atoms with van der Waals surface area (Å²) in [5.41, 5.74) is 3.16. The van der Waals surface area contributed by atoms with Crippen molar-refractivity contribution < 1.29 is 18.6 Å². The molecule has 0 atom stereocenters. The number of nitro benzene ring substituents is 1. The van der Waals surface area contributed by atoms with E-state index in [1.54, 1.807) is 24.3 Å². The third-order valence-electron chi connectivity index (χ3n) is 4.62. The summed E-state index contributed by atoms with van der Waals surface area (Å²) in [5.74, 6) is 0.0976. The molecule has 0 fully saturated rings. The van der Waals surface area contributed by atoms with E-state index in [1.165, 1.54) is 30.0 Å². The standard InChI is InChI=1S/C22H14N4O5S/c27-20(12-32-22-25-16-7-3-4-8-18(16)31-22)23-15-6-2-1-5-14(15)21-24-17-10-9-13(26(28)29)11-19(17)30-21/h1-11H,12H2,(H,23,27). The molecule has 0 aliphatic heterocycles. The van der Waals surface area contributed by atoms with Gasteiger partial charge in [0.2, 0.25) is 11.8 Å². The number of thioether (sulfide) groups is 1. The molecule has 2 heterocycles. The first-order chi connectivity index (χ1) is 15.6. The van der Waals surface area contributed by atoms with Gasteiger partial charge in [0.05, 0.1) is 28.0 Å². The van der Waals surface area contributed by atoms with E-state index in [4.69, 9.17) is 8.83 Å². The maximum atomic E-state index is 12.5. The summed E-state index contributed by atoms with van der Waals surface area (Å²) < 4.78 is 11.4. The summed E-state index contributed by atoms with van der Waals surface area (Å²) in [7, 11) is 0. The molecule has 0 aliphatic carbocycles. The summed E-state index contributed by atoms with van der Waals surface area (Å²) in [6.07, 6.45) is 0. The van der Waals surface area contributed by atoms with Crippen LogP contribution in [0.5, 0.6) is 0 Å². The van der Waals surface area contributed by atoms with Gasteiger partial charge >= 0.3 is 0 Å². The highest BCUT2D eigenvalue weighted by atomic mass is 32.2. The van der Waals surface area contributed by atoms with Crippen LogP contribution < -0.4 is 5.32 Å². The van der Waals surface area contributed by atoms with Gasteiger partial charge in [-0.1, -0.05) is 36.0 Å². The smallest absolute Gasteiger partial charge is 0.273 e. The van der Waals surface area contributed by atoms with Crippen LogP contribution in [0.3, 0.4) is 0 Å². The largest absolute Gasteiger partial charge is 0.436 e. The molecular formula is C22H14N4O5S. The predicted octanol–water partition coefficient (Wildman–Crippen LogP) is 5.28. The number of aromatic nitrogens is 2. The average molecular weight is 446 g/mol. The number of benzene rings is 3. The van der Waals surface area contributed by atoms with Gasteiger partial charge in [-0.2, -0.15) is 0 Å². The molecule has 1 N–H and O–H groups in total. The number of nitrogens with zero attached hydrogens (tertiary/aromatic N) is 3. The third kappa shape index (κ3) is 3.91. The number of carbonyl (C=O) groups is 1. The summed E-state index contributed by atoms with van der Waals surface area (Å²) in [6.45, 7) is 0. The van der Waals surface area contributed by atoms with Gasteiger partial charge in [-0.15, -0.1) is 0 Å². The molecule has 5 aromatic rings. The van der Waals surface area contributed by atoms with E-state index in [9.17, 15) is 14.9 Å². The summed E-state index contributed by atoms with van der Waals surface area (Å²) in [4.78, 5) is 31.8. The Balaban J connectivity index is 1.34. The zero-order chi connectivity index (χ0) is 22.1.